The van der Waals surface area contributed by atoms with E-state index in [4.69, 9.17) is 9.47 Å². The summed E-state index contributed by atoms with van der Waals surface area (Å²) >= 11 is 0. The van der Waals surface area contributed by atoms with Crippen molar-refractivity contribution in [2.45, 2.75) is 246 Å². The first-order valence-electron chi connectivity index (χ1n) is 23.0. The number of carbonyl (C=O) groups excluding carboxylic acids is 3. The molecule has 0 aliphatic carbocycles. The molecule has 0 unspecified atom stereocenters. The quantitative estimate of drug-likeness (QED) is 0.0315. The molecule has 0 saturated carbocycles. The number of nitrogens with one attached hydrogen (secondary N) is 1. The van der Waals surface area contributed by atoms with Crippen molar-refractivity contribution in [2.75, 3.05) is 6.54 Å². The molecule has 0 bridgehead atoms. The number of carbonyl (C=O) groups is 3. The van der Waals surface area contributed by atoms with Gasteiger partial charge in [0.15, 0.2) is 17.3 Å². The number of unbranched alkanes of at least 4 members (excludes halogenated alkanes) is 28. The van der Waals surface area contributed by atoms with Crippen molar-refractivity contribution >= 4 is 17.7 Å². The minimum absolute atomic E-state index is 0.111. The second-order valence-electron chi connectivity index (χ2n) is 17.0. The summed E-state index contributed by atoms with van der Waals surface area (Å²) in [6, 6.07) is 4.78. The Labute approximate surface area is 333 Å². The third-order valence-corrected chi connectivity index (χ3v) is 10.5. The normalized spacial score (nSPS) is 11.6. The van der Waals surface area contributed by atoms with E-state index in [1.54, 1.807) is 18.2 Å². The second-order valence-corrected chi connectivity index (χ2v) is 17.0. The first-order chi connectivity index (χ1) is 26.2. The maximum absolute atomic E-state index is 12.9. The molecule has 6 heteroatoms. The van der Waals surface area contributed by atoms with Crippen LogP contribution >= 0.6 is 0 Å². The summed E-state index contributed by atoms with van der Waals surface area (Å²) in [5, 5.41) is 3.22. The molecule has 6 nitrogen and oxygen atoms in total. The number of esters is 2. The highest BCUT2D eigenvalue weighted by molar-refractivity contribution is 5.98. The van der Waals surface area contributed by atoms with Crippen molar-refractivity contribution in [2.24, 2.45) is 0 Å². The summed E-state index contributed by atoms with van der Waals surface area (Å²) in [7, 11) is 0. The second kappa shape index (κ2) is 34.1. The van der Waals surface area contributed by atoms with Gasteiger partial charge in [0.1, 0.15) is 0 Å². The van der Waals surface area contributed by atoms with Crippen molar-refractivity contribution in [3.05, 3.63) is 23.8 Å². The Hall–Kier alpha value is -2.21. The monoisotopic (exact) mass is 756 g/mol. The Balaban J connectivity index is 2.39. The number of ketones is 1. The van der Waals surface area contributed by atoms with Crippen LogP contribution in [0, 0.1) is 0 Å². The average molecular weight is 756 g/mol. The molecule has 1 aromatic carbocycles. The Bertz CT molecular complexity index is 1080. The molecule has 0 heterocycles. The standard InChI is InChI=1S/C48H85NO5/c1-6-8-10-12-14-16-18-20-22-24-26-28-30-32-34-36-46(51)53-44-39-38-42(43(50)41-49-48(3,4)5)40-45(44)54-47(52)37-35-33-31-29-27-25-23-21-19-17-15-13-11-9-7-2/h38-40,49H,6-37,41H2,1-5H3. The molecule has 1 aromatic rings. The van der Waals surface area contributed by atoms with Crippen molar-refractivity contribution in [1.29, 1.82) is 0 Å². The van der Waals surface area contributed by atoms with Crippen LogP contribution in [0.1, 0.15) is 250 Å². The van der Waals surface area contributed by atoms with Crippen LogP contribution in [0.4, 0.5) is 0 Å². The van der Waals surface area contributed by atoms with Crippen LogP contribution in [0.3, 0.4) is 0 Å². The summed E-state index contributed by atoms with van der Waals surface area (Å²) in [6.07, 6.45) is 38.7. The number of hydrogen-bond donors (Lipinski definition) is 1. The summed E-state index contributed by atoms with van der Waals surface area (Å²) in [5.74, 6) is -0.460. The molecule has 0 fully saturated rings. The molecule has 0 saturated heterocycles. The van der Waals surface area contributed by atoms with Gasteiger partial charge in [-0.25, -0.2) is 0 Å². The van der Waals surface area contributed by atoms with Gasteiger partial charge in [-0.15, -0.1) is 0 Å². The zero-order valence-corrected chi connectivity index (χ0v) is 36.1. The van der Waals surface area contributed by atoms with Gasteiger partial charge in [-0.1, -0.05) is 194 Å². The fourth-order valence-corrected chi connectivity index (χ4v) is 6.92. The molecule has 1 N–H and O–H groups in total. The number of ether oxygens (including phenoxy) is 2. The molecule has 0 aromatic heterocycles. The maximum Gasteiger partial charge on any atom is 0.311 e. The lowest BCUT2D eigenvalue weighted by Crippen LogP contribution is -2.39. The first kappa shape index (κ1) is 49.8. The Morgan fingerprint density at radius 1 is 0.463 bits per heavy atom. The minimum atomic E-state index is -0.359. The molecule has 0 spiro atoms. The van der Waals surface area contributed by atoms with E-state index < -0.39 is 0 Å². The number of benzene rings is 1. The number of hydrogen-bond acceptors (Lipinski definition) is 6. The first-order valence-corrected chi connectivity index (χ1v) is 23.0. The molecule has 0 atom stereocenters. The van der Waals surface area contributed by atoms with Crippen LogP contribution in [-0.2, 0) is 9.59 Å². The smallest absolute Gasteiger partial charge is 0.311 e. The maximum atomic E-state index is 12.9. The Morgan fingerprint density at radius 2 is 0.778 bits per heavy atom. The fraction of sp³-hybridized carbons (Fsp3) is 0.812. The van der Waals surface area contributed by atoms with Crippen LogP contribution in [0.5, 0.6) is 11.5 Å². The van der Waals surface area contributed by atoms with Crippen LogP contribution in [-0.4, -0.2) is 29.8 Å². The zero-order chi connectivity index (χ0) is 39.5. The van der Waals surface area contributed by atoms with Gasteiger partial charge in [0.2, 0.25) is 0 Å². The summed E-state index contributed by atoms with van der Waals surface area (Å²) in [4.78, 5) is 38.6. The lowest BCUT2D eigenvalue weighted by atomic mass is 10.0. The van der Waals surface area contributed by atoms with Crippen LogP contribution in [0.15, 0.2) is 18.2 Å². The van der Waals surface area contributed by atoms with E-state index in [0.29, 0.717) is 18.4 Å². The zero-order valence-electron chi connectivity index (χ0n) is 36.1. The van der Waals surface area contributed by atoms with Crippen LogP contribution in [0.2, 0.25) is 0 Å². The van der Waals surface area contributed by atoms with Gasteiger partial charge in [-0.05, 0) is 51.8 Å². The molecule has 0 radical (unpaired) electrons. The van der Waals surface area contributed by atoms with E-state index in [-0.39, 0.29) is 41.3 Å². The van der Waals surface area contributed by atoms with Gasteiger partial charge in [-0.3, -0.25) is 14.4 Å². The molecule has 312 valence electrons. The predicted molar refractivity (Wildman–Crippen MR) is 229 cm³/mol. The summed E-state index contributed by atoms with van der Waals surface area (Å²) in [5.41, 5.74) is 0.212. The van der Waals surface area contributed by atoms with Crippen LogP contribution in [0.25, 0.3) is 0 Å². The van der Waals surface area contributed by atoms with Crippen LogP contribution < -0.4 is 14.8 Å². The van der Waals surface area contributed by atoms with Crippen molar-refractivity contribution in [3.63, 3.8) is 0 Å². The van der Waals surface area contributed by atoms with E-state index >= 15 is 0 Å². The molecule has 54 heavy (non-hydrogen) atoms. The summed E-state index contributed by atoms with van der Waals surface area (Å²) in [6.45, 7) is 10.7. The molecular weight excluding hydrogens is 671 g/mol. The number of rotatable bonds is 37. The topological polar surface area (TPSA) is 81.7 Å². The van der Waals surface area contributed by atoms with Crippen molar-refractivity contribution in [1.82, 2.24) is 5.32 Å². The molecule has 0 aliphatic rings. The van der Waals surface area contributed by atoms with Crippen molar-refractivity contribution in [3.8, 4) is 11.5 Å². The largest absolute Gasteiger partial charge is 0.423 e. The predicted octanol–water partition coefficient (Wildman–Crippen LogP) is 14.6. The third kappa shape index (κ3) is 30.1. The van der Waals surface area contributed by atoms with Gasteiger partial charge in [0, 0.05) is 23.9 Å². The van der Waals surface area contributed by atoms with Gasteiger partial charge < -0.3 is 14.8 Å². The summed E-state index contributed by atoms with van der Waals surface area (Å²) < 4.78 is 11.4. The van der Waals surface area contributed by atoms with E-state index in [1.807, 2.05) is 20.8 Å². The van der Waals surface area contributed by atoms with Crippen molar-refractivity contribution < 1.29 is 23.9 Å². The highest BCUT2D eigenvalue weighted by Crippen LogP contribution is 2.30. The lowest BCUT2D eigenvalue weighted by molar-refractivity contribution is -0.137. The van der Waals surface area contributed by atoms with E-state index in [1.165, 1.54) is 154 Å². The molecule has 0 amide bonds. The Morgan fingerprint density at radius 3 is 1.11 bits per heavy atom. The van der Waals surface area contributed by atoms with E-state index in [9.17, 15) is 14.4 Å². The number of Topliss-reactive ketones (excluding diaryl/α,β-unsaturated/α-hetero) is 1. The Kier molecular flexibility index (Phi) is 31.4. The van der Waals surface area contributed by atoms with Gasteiger partial charge >= 0.3 is 11.9 Å². The highest BCUT2D eigenvalue weighted by Gasteiger charge is 2.19. The molecular formula is C48H85NO5. The van der Waals surface area contributed by atoms with Gasteiger partial charge in [0.25, 0.3) is 0 Å². The van der Waals surface area contributed by atoms with Gasteiger partial charge in [-0.2, -0.15) is 0 Å². The fourth-order valence-electron chi connectivity index (χ4n) is 6.92. The third-order valence-electron chi connectivity index (χ3n) is 10.5. The minimum Gasteiger partial charge on any atom is -0.423 e. The van der Waals surface area contributed by atoms with E-state index in [2.05, 4.69) is 19.2 Å². The SMILES string of the molecule is CCCCCCCCCCCCCCCCCC(=O)Oc1ccc(C(=O)CNC(C)(C)C)cc1OC(=O)CCCCCCCCCCCCCCCCC. The molecule has 0 aliphatic heterocycles. The van der Waals surface area contributed by atoms with E-state index in [0.717, 1.165) is 38.5 Å². The lowest BCUT2D eigenvalue weighted by Gasteiger charge is -2.20. The highest BCUT2D eigenvalue weighted by atomic mass is 16.6. The molecule has 1 rings (SSSR count). The average Bonchev–Trinajstić information content (AvgIpc) is 3.14. The van der Waals surface area contributed by atoms with Gasteiger partial charge in [0.05, 0.1) is 6.54 Å².